The average Bonchev–Trinajstić information content (AvgIpc) is 1.69. The lowest BCUT2D eigenvalue weighted by molar-refractivity contribution is 1.06. The molecular formula is C5H7NS. The number of hydrogen-bond acceptors (Lipinski definition) is 2. The number of rotatable bonds is 2. The highest BCUT2D eigenvalue weighted by Gasteiger charge is 1.71. The maximum atomic E-state index is 7.98. The Morgan fingerprint density at radius 2 is 2.43 bits per heavy atom. The molecular weight excluding hydrogens is 106 g/mol. The zero-order valence-corrected chi connectivity index (χ0v) is 4.86. The van der Waals surface area contributed by atoms with Crippen LogP contribution in [0.1, 0.15) is 12.8 Å². The summed E-state index contributed by atoms with van der Waals surface area (Å²) in [5.74, 6) is 0. The van der Waals surface area contributed by atoms with Crippen molar-refractivity contribution in [1.29, 1.82) is 5.26 Å². The lowest BCUT2D eigenvalue weighted by atomic mass is 10.3. The van der Waals surface area contributed by atoms with Crippen LogP contribution in [-0.4, -0.2) is 0 Å². The first kappa shape index (κ1) is 6.58. The van der Waals surface area contributed by atoms with E-state index in [4.69, 9.17) is 5.26 Å². The maximum Gasteiger partial charge on any atom is 0.0625 e. The second-order valence-corrected chi connectivity index (χ2v) is 1.38. The van der Waals surface area contributed by atoms with Gasteiger partial charge >= 0.3 is 0 Å². The van der Waals surface area contributed by atoms with Crippen LogP contribution in [0.3, 0.4) is 0 Å². The molecule has 0 aliphatic carbocycles. The van der Waals surface area contributed by atoms with E-state index in [-0.39, 0.29) is 0 Å². The smallest absolute Gasteiger partial charge is 0.0625 e. The molecule has 0 rings (SSSR count). The molecule has 1 nitrogen and oxygen atoms in total. The van der Waals surface area contributed by atoms with Gasteiger partial charge in [0.15, 0.2) is 0 Å². The molecule has 0 N–H and O–H groups in total. The van der Waals surface area contributed by atoms with Crippen molar-refractivity contribution in [2.45, 2.75) is 12.8 Å². The van der Waals surface area contributed by atoms with Crippen molar-refractivity contribution in [3.8, 4) is 6.07 Å². The Balaban J connectivity index is 2.87. The number of nitrogens with zero attached hydrogens (tertiary/aromatic N) is 1. The normalized spacial score (nSPS) is 9.14. The Labute approximate surface area is 49.1 Å². The molecule has 0 aliphatic rings. The van der Waals surface area contributed by atoms with E-state index in [1.807, 2.05) is 12.1 Å². The number of nitriles is 1. The van der Waals surface area contributed by atoms with Crippen molar-refractivity contribution in [3.05, 3.63) is 11.5 Å². The number of allylic oxidation sites excluding steroid dienone is 1. The minimum atomic E-state index is 0.594. The van der Waals surface area contributed by atoms with E-state index in [9.17, 15) is 0 Å². The van der Waals surface area contributed by atoms with Gasteiger partial charge in [0, 0.05) is 6.42 Å². The van der Waals surface area contributed by atoms with Gasteiger partial charge in [-0.3, -0.25) is 0 Å². The molecule has 0 amide bonds. The maximum absolute atomic E-state index is 7.98. The Morgan fingerprint density at radius 3 is 2.86 bits per heavy atom. The van der Waals surface area contributed by atoms with Gasteiger partial charge in [-0.25, -0.2) is 0 Å². The van der Waals surface area contributed by atoms with Crippen molar-refractivity contribution < 1.29 is 0 Å². The fourth-order valence-electron chi connectivity index (χ4n) is 0.222. The van der Waals surface area contributed by atoms with E-state index >= 15 is 0 Å². The monoisotopic (exact) mass is 113 g/mol. The molecule has 0 atom stereocenters. The van der Waals surface area contributed by atoms with E-state index in [0.717, 1.165) is 6.42 Å². The summed E-state index contributed by atoms with van der Waals surface area (Å²) in [6, 6.07) is 2.02. The molecule has 0 fully saturated rings. The van der Waals surface area contributed by atoms with Gasteiger partial charge < -0.3 is 0 Å². The van der Waals surface area contributed by atoms with Crippen molar-refractivity contribution in [2.24, 2.45) is 0 Å². The predicted molar refractivity (Wildman–Crippen MR) is 33.0 cm³/mol. The van der Waals surface area contributed by atoms with Crippen molar-refractivity contribution >= 4 is 12.6 Å². The van der Waals surface area contributed by atoms with Crippen molar-refractivity contribution in [1.82, 2.24) is 0 Å². The highest BCUT2D eigenvalue weighted by Crippen LogP contribution is 1.88. The second kappa shape index (κ2) is 5.58. The van der Waals surface area contributed by atoms with Gasteiger partial charge in [0.2, 0.25) is 0 Å². The van der Waals surface area contributed by atoms with Crippen LogP contribution < -0.4 is 0 Å². The van der Waals surface area contributed by atoms with Crippen LogP contribution in [0.5, 0.6) is 0 Å². The first-order valence-corrected chi connectivity index (χ1v) is 2.59. The summed E-state index contributed by atoms with van der Waals surface area (Å²) in [5, 5.41) is 9.63. The summed E-state index contributed by atoms with van der Waals surface area (Å²) < 4.78 is 0. The first-order chi connectivity index (χ1) is 3.41. The number of thiol groups is 1. The van der Waals surface area contributed by atoms with Gasteiger partial charge in [0.05, 0.1) is 6.07 Å². The van der Waals surface area contributed by atoms with Crippen LogP contribution in [0.25, 0.3) is 0 Å². The summed E-state index contributed by atoms with van der Waals surface area (Å²) in [6.45, 7) is 0. The fraction of sp³-hybridized carbons (Fsp3) is 0.400. The molecule has 0 aliphatic heterocycles. The lowest BCUT2D eigenvalue weighted by Gasteiger charge is -1.74. The fourth-order valence-corrected chi connectivity index (χ4v) is 0.371. The molecule has 0 radical (unpaired) electrons. The highest BCUT2D eigenvalue weighted by atomic mass is 32.1. The number of unbranched alkanes of at least 4 members (excludes halogenated alkanes) is 1. The van der Waals surface area contributed by atoms with Gasteiger partial charge in [-0.15, -0.1) is 0 Å². The van der Waals surface area contributed by atoms with Gasteiger partial charge in [0.1, 0.15) is 0 Å². The van der Waals surface area contributed by atoms with E-state index in [1.54, 1.807) is 5.41 Å². The zero-order valence-electron chi connectivity index (χ0n) is 3.96. The summed E-state index contributed by atoms with van der Waals surface area (Å²) >= 11 is 3.80. The molecule has 2 heteroatoms. The molecule has 0 bridgehead atoms. The van der Waals surface area contributed by atoms with Crippen LogP contribution in [-0.2, 0) is 0 Å². The third-order valence-corrected chi connectivity index (χ3v) is 0.739. The zero-order chi connectivity index (χ0) is 5.54. The van der Waals surface area contributed by atoms with Gasteiger partial charge in [0.25, 0.3) is 0 Å². The van der Waals surface area contributed by atoms with Gasteiger partial charge in [-0.2, -0.15) is 17.9 Å². The third kappa shape index (κ3) is 5.58. The lowest BCUT2D eigenvalue weighted by Crippen LogP contribution is -1.59. The molecule has 0 aromatic heterocycles. The highest BCUT2D eigenvalue weighted by molar-refractivity contribution is 7.83. The standard InChI is InChI=1S/C5H7NS/c6-4-2-1-3-5-7/h3,5,7H,1-2H2. The third-order valence-electron chi connectivity index (χ3n) is 0.528. The van der Waals surface area contributed by atoms with Crippen LogP contribution >= 0.6 is 12.6 Å². The van der Waals surface area contributed by atoms with Crippen LogP contribution in [0.15, 0.2) is 11.5 Å². The quantitative estimate of drug-likeness (QED) is 0.428. The van der Waals surface area contributed by atoms with E-state index in [2.05, 4.69) is 12.6 Å². The Kier molecular flexibility index (Phi) is 5.25. The van der Waals surface area contributed by atoms with E-state index in [1.165, 1.54) is 0 Å². The molecule has 0 heterocycles. The largest absolute Gasteiger partial charge is 0.198 e. The summed E-state index contributed by atoms with van der Waals surface area (Å²) in [5.41, 5.74) is 0. The summed E-state index contributed by atoms with van der Waals surface area (Å²) in [7, 11) is 0. The van der Waals surface area contributed by atoms with E-state index in [0.29, 0.717) is 6.42 Å². The summed E-state index contributed by atoms with van der Waals surface area (Å²) in [4.78, 5) is 0. The van der Waals surface area contributed by atoms with Crippen LogP contribution in [0.2, 0.25) is 0 Å². The SMILES string of the molecule is N#CCCC=CS. The van der Waals surface area contributed by atoms with Gasteiger partial charge in [-0.05, 0) is 11.8 Å². The van der Waals surface area contributed by atoms with Crippen LogP contribution in [0.4, 0.5) is 0 Å². The number of hydrogen-bond donors (Lipinski definition) is 1. The molecule has 7 heavy (non-hydrogen) atoms. The molecule has 0 saturated carbocycles. The van der Waals surface area contributed by atoms with Gasteiger partial charge in [-0.1, -0.05) is 6.08 Å². The van der Waals surface area contributed by atoms with Crippen LogP contribution in [0, 0.1) is 11.3 Å². The van der Waals surface area contributed by atoms with E-state index < -0.39 is 0 Å². The topological polar surface area (TPSA) is 23.8 Å². The molecule has 0 spiro atoms. The molecule has 0 aromatic carbocycles. The molecule has 38 valence electrons. The average molecular weight is 113 g/mol. The molecule has 0 saturated heterocycles. The predicted octanol–water partition coefficient (Wildman–Crippen LogP) is 1.73. The molecule has 0 aromatic rings. The summed E-state index contributed by atoms with van der Waals surface area (Å²) in [6.07, 6.45) is 3.27. The minimum absolute atomic E-state index is 0.594. The Bertz CT molecular complexity index is 90.7. The minimum Gasteiger partial charge on any atom is -0.198 e. The van der Waals surface area contributed by atoms with Crippen molar-refractivity contribution in [2.75, 3.05) is 0 Å². The molecule has 0 unspecified atom stereocenters. The van der Waals surface area contributed by atoms with Crippen molar-refractivity contribution in [3.63, 3.8) is 0 Å². The first-order valence-electron chi connectivity index (χ1n) is 2.08. The Hall–Kier alpha value is -0.420. The second-order valence-electron chi connectivity index (χ2n) is 1.08. The Morgan fingerprint density at radius 1 is 1.71 bits per heavy atom.